The van der Waals surface area contributed by atoms with Crippen LogP contribution in [0.3, 0.4) is 0 Å². The van der Waals surface area contributed by atoms with Crippen molar-refractivity contribution in [1.82, 2.24) is 5.32 Å². The summed E-state index contributed by atoms with van der Waals surface area (Å²) in [5.74, 6) is 0.694. The lowest BCUT2D eigenvalue weighted by molar-refractivity contribution is -0.122. The number of hydrogen-bond acceptors (Lipinski definition) is 3. The second-order valence-corrected chi connectivity index (χ2v) is 6.05. The SMILES string of the molecule is CCOc1ccc([C@@H]2C[C@H](NC(C)=O)C[C@H](CC)O2)cc1Cl. The Morgan fingerprint density at radius 3 is 2.77 bits per heavy atom. The molecule has 1 aliphatic heterocycles. The van der Waals surface area contributed by atoms with E-state index in [1.807, 2.05) is 25.1 Å². The first-order chi connectivity index (χ1) is 10.5. The third-order valence-electron chi connectivity index (χ3n) is 3.89. The summed E-state index contributed by atoms with van der Waals surface area (Å²) in [6.45, 7) is 6.17. The molecular formula is C17H24ClNO3. The highest BCUT2D eigenvalue weighted by Crippen LogP contribution is 2.36. The molecule has 1 amide bonds. The van der Waals surface area contributed by atoms with Gasteiger partial charge in [0.25, 0.3) is 0 Å². The number of nitrogens with one attached hydrogen (secondary N) is 1. The van der Waals surface area contributed by atoms with Crippen molar-refractivity contribution in [2.45, 2.75) is 58.3 Å². The molecule has 0 unspecified atom stereocenters. The van der Waals surface area contributed by atoms with Crippen LogP contribution in [0.2, 0.25) is 5.02 Å². The first-order valence-electron chi connectivity index (χ1n) is 7.88. The Kier molecular flexibility index (Phi) is 6.09. The van der Waals surface area contributed by atoms with Crippen molar-refractivity contribution in [2.24, 2.45) is 0 Å². The maximum atomic E-state index is 11.3. The Morgan fingerprint density at radius 2 is 2.18 bits per heavy atom. The van der Waals surface area contributed by atoms with Crippen molar-refractivity contribution in [1.29, 1.82) is 0 Å². The zero-order chi connectivity index (χ0) is 16.1. The molecule has 0 radical (unpaired) electrons. The van der Waals surface area contributed by atoms with Gasteiger partial charge in [0.15, 0.2) is 0 Å². The van der Waals surface area contributed by atoms with Gasteiger partial charge in [0.05, 0.1) is 23.8 Å². The molecule has 3 atom stereocenters. The standard InChI is InChI=1S/C17H24ClNO3/c1-4-14-9-13(19-11(3)20)10-17(22-14)12-6-7-16(21-5-2)15(18)8-12/h6-8,13-14,17H,4-5,9-10H2,1-3H3,(H,19,20)/t13-,14+,17+/m1/s1. The zero-order valence-electron chi connectivity index (χ0n) is 13.4. The molecule has 22 heavy (non-hydrogen) atoms. The number of amides is 1. The molecule has 0 aromatic heterocycles. The van der Waals surface area contributed by atoms with Gasteiger partial charge in [-0.15, -0.1) is 0 Å². The van der Waals surface area contributed by atoms with Gasteiger partial charge < -0.3 is 14.8 Å². The predicted octanol–water partition coefficient (Wildman–Crippen LogP) is 3.87. The molecule has 1 aromatic rings. The molecular weight excluding hydrogens is 302 g/mol. The Balaban J connectivity index is 2.15. The van der Waals surface area contributed by atoms with Crippen LogP contribution >= 0.6 is 11.6 Å². The maximum Gasteiger partial charge on any atom is 0.217 e. The van der Waals surface area contributed by atoms with Gasteiger partial charge in [-0.1, -0.05) is 24.6 Å². The molecule has 2 rings (SSSR count). The molecule has 0 spiro atoms. The molecule has 1 fully saturated rings. The first kappa shape index (κ1) is 17.1. The number of halogens is 1. The summed E-state index contributed by atoms with van der Waals surface area (Å²) >= 11 is 6.27. The molecule has 1 aliphatic rings. The Morgan fingerprint density at radius 1 is 1.41 bits per heavy atom. The van der Waals surface area contributed by atoms with Gasteiger partial charge in [0.1, 0.15) is 5.75 Å². The smallest absolute Gasteiger partial charge is 0.217 e. The van der Waals surface area contributed by atoms with Gasteiger partial charge in [-0.25, -0.2) is 0 Å². The van der Waals surface area contributed by atoms with E-state index in [4.69, 9.17) is 21.1 Å². The van der Waals surface area contributed by atoms with E-state index in [1.165, 1.54) is 0 Å². The average molecular weight is 326 g/mol. The average Bonchev–Trinajstić information content (AvgIpc) is 2.48. The maximum absolute atomic E-state index is 11.3. The highest BCUT2D eigenvalue weighted by atomic mass is 35.5. The summed E-state index contributed by atoms with van der Waals surface area (Å²) in [6, 6.07) is 5.92. The van der Waals surface area contributed by atoms with Crippen molar-refractivity contribution in [2.75, 3.05) is 6.61 Å². The minimum Gasteiger partial charge on any atom is -0.492 e. The number of carbonyl (C=O) groups excluding carboxylic acids is 1. The van der Waals surface area contributed by atoms with Crippen molar-refractivity contribution in [3.05, 3.63) is 28.8 Å². The van der Waals surface area contributed by atoms with Crippen molar-refractivity contribution < 1.29 is 14.3 Å². The van der Waals surface area contributed by atoms with E-state index in [9.17, 15) is 4.79 Å². The van der Waals surface area contributed by atoms with Gasteiger partial charge in [-0.2, -0.15) is 0 Å². The number of rotatable bonds is 5. The summed E-state index contributed by atoms with van der Waals surface area (Å²) in [4.78, 5) is 11.3. The van der Waals surface area contributed by atoms with Crippen molar-refractivity contribution in [3.8, 4) is 5.75 Å². The number of ether oxygens (including phenoxy) is 2. The third-order valence-corrected chi connectivity index (χ3v) is 4.19. The van der Waals surface area contributed by atoms with E-state index in [-0.39, 0.29) is 24.2 Å². The molecule has 5 heteroatoms. The van der Waals surface area contributed by atoms with Gasteiger partial charge >= 0.3 is 0 Å². The van der Waals surface area contributed by atoms with Crippen LogP contribution in [0.1, 0.15) is 51.7 Å². The van der Waals surface area contributed by atoms with Crippen LogP contribution in [0, 0.1) is 0 Å². The highest BCUT2D eigenvalue weighted by Gasteiger charge is 2.30. The van der Waals surface area contributed by atoms with Crippen LogP contribution < -0.4 is 10.1 Å². The molecule has 0 aliphatic carbocycles. The third kappa shape index (κ3) is 4.37. The summed E-state index contributed by atoms with van der Waals surface area (Å²) in [7, 11) is 0. The summed E-state index contributed by atoms with van der Waals surface area (Å²) in [6.07, 6.45) is 2.65. The fraction of sp³-hybridized carbons (Fsp3) is 0.588. The van der Waals surface area contributed by atoms with Crippen LogP contribution in [0.4, 0.5) is 0 Å². The van der Waals surface area contributed by atoms with Crippen LogP contribution in [0.25, 0.3) is 0 Å². The van der Waals surface area contributed by atoms with Gasteiger partial charge in [-0.05, 0) is 43.9 Å². The Bertz CT molecular complexity index is 521. The summed E-state index contributed by atoms with van der Waals surface area (Å²) in [5.41, 5.74) is 1.03. The fourth-order valence-corrected chi connectivity index (χ4v) is 3.13. The van der Waals surface area contributed by atoms with Crippen LogP contribution in [-0.2, 0) is 9.53 Å². The van der Waals surface area contributed by atoms with Crippen molar-refractivity contribution in [3.63, 3.8) is 0 Å². The van der Waals surface area contributed by atoms with E-state index in [0.29, 0.717) is 17.4 Å². The molecule has 1 N–H and O–H groups in total. The monoisotopic (exact) mass is 325 g/mol. The number of benzene rings is 1. The lowest BCUT2D eigenvalue weighted by atomic mass is 9.93. The van der Waals surface area contributed by atoms with E-state index < -0.39 is 0 Å². The first-order valence-corrected chi connectivity index (χ1v) is 8.26. The van der Waals surface area contributed by atoms with E-state index >= 15 is 0 Å². The normalized spacial score (nSPS) is 24.8. The highest BCUT2D eigenvalue weighted by molar-refractivity contribution is 6.32. The van der Waals surface area contributed by atoms with Crippen LogP contribution in [-0.4, -0.2) is 24.7 Å². The van der Waals surface area contributed by atoms with Gasteiger partial charge in [0, 0.05) is 13.0 Å². The molecule has 1 aromatic carbocycles. The molecule has 0 saturated carbocycles. The van der Waals surface area contributed by atoms with E-state index in [0.717, 1.165) is 24.8 Å². The lowest BCUT2D eigenvalue weighted by Crippen LogP contribution is -2.42. The van der Waals surface area contributed by atoms with Crippen molar-refractivity contribution >= 4 is 17.5 Å². The zero-order valence-corrected chi connectivity index (χ0v) is 14.2. The van der Waals surface area contributed by atoms with Crippen LogP contribution in [0.15, 0.2) is 18.2 Å². The lowest BCUT2D eigenvalue weighted by Gasteiger charge is -2.35. The van der Waals surface area contributed by atoms with E-state index in [1.54, 1.807) is 6.92 Å². The molecule has 122 valence electrons. The second-order valence-electron chi connectivity index (χ2n) is 5.65. The largest absolute Gasteiger partial charge is 0.492 e. The molecule has 0 bridgehead atoms. The van der Waals surface area contributed by atoms with Crippen LogP contribution in [0.5, 0.6) is 5.75 Å². The summed E-state index contributed by atoms with van der Waals surface area (Å²) < 4.78 is 11.6. The predicted molar refractivity (Wildman–Crippen MR) is 87.4 cm³/mol. The Hall–Kier alpha value is -1.26. The van der Waals surface area contributed by atoms with Gasteiger partial charge in [0.2, 0.25) is 5.91 Å². The quantitative estimate of drug-likeness (QED) is 0.893. The minimum absolute atomic E-state index is 0.00484. The van der Waals surface area contributed by atoms with E-state index in [2.05, 4.69) is 12.2 Å². The second kappa shape index (κ2) is 7.84. The molecule has 4 nitrogen and oxygen atoms in total. The minimum atomic E-state index is -0.0521. The number of hydrogen-bond donors (Lipinski definition) is 1. The van der Waals surface area contributed by atoms with Gasteiger partial charge in [-0.3, -0.25) is 4.79 Å². The Labute approximate surface area is 137 Å². The molecule has 1 heterocycles. The summed E-state index contributed by atoms with van der Waals surface area (Å²) in [5, 5.41) is 3.61. The molecule has 1 saturated heterocycles. The topological polar surface area (TPSA) is 47.6 Å². The fourth-order valence-electron chi connectivity index (χ4n) is 2.89. The number of carbonyl (C=O) groups is 1.